The van der Waals surface area contributed by atoms with Crippen molar-refractivity contribution in [2.75, 3.05) is 11.9 Å². The standard InChI is InChI=1S/C21H17BrClN3O2S/c22-15-6-8-18(28-11-10-14-4-2-1-3-5-14)17(12-15)20(27)26-21(29)25-16-7-9-19(23)24-13-16/h1-9,12-13H,10-11H2,(H2,25,26,27,29). The first kappa shape index (κ1) is 21.2. The van der Waals surface area contributed by atoms with Crippen LogP contribution >= 0.6 is 39.7 Å². The highest BCUT2D eigenvalue weighted by Crippen LogP contribution is 2.23. The zero-order chi connectivity index (χ0) is 20.6. The number of hydrogen-bond donors (Lipinski definition) is 2. The number of carbonyl (C=O) groups excluding carboxylic acids is 1. The van der Waals surface area contributed by atoms with Gasteiger partial charge >= 0.3 is 0 Å². The number of carbonyl (C=O) groups is 1. The summed E-state index contributed by atoms with van der Waals surface area (Å²) < 4.78 is 6.62. The molecular formula is C21H17BrClN3O2S. The van der Waals surface area contributed by atoms with E-state index < -0.39 is 0 Å². The Morgan fingerprint density at radius 3 is 2.66 bits per heavy atom. The van der Waals surface area contributed by atoms with Crippen molar-refractivity contribution in [2.45, 2.75) is 6.42 Å². The molecule has 0 saturated heterocycles. The zero-order valence-corrected chi connectivity index (χ0v) is 18.4. The molecule has 1 aromatic heterocycles. The van der Waals surface area contributed by atoms with Gasteiger partial charge in [0.1, 0.15) is 10.9 Å². The minimum absolute atomic E-state index is 0.148. The number of anilines is 1. The van der Waals surface area contributed by atoms with Crippen LogP contribution in [0.3, 0.4) is 0 Å². The average Bonchev–Trinajstić information content (AvgIpc) is 2.71. The summed E-state index contributed by atoms with van der Waals surface area (Å²) in [7, 11) is 0. The monoisotopic (exact) mass is 489 g/mol. The van der Waals surface area contributed by atoms with Gasteiger partial charge in [-0.3, -0.25) is 10.1 Å². The van der Waals surface area contributed by atoms with Crippen LogP contribution in [0.2, 0.25) is 5.15 Å². The topological polar surface area (TPSA) is 63.2 Å². The summed E-state index contributed by atoms with van der Waals surface area (Å²) in [5, 5.41) is 6.07. The minimum atomic E-state index is -0.375. The first-order chi connectivity index (χ1) is 14.0. The molecule has 29 heavy (non-hydrogen) atoms. The van der Waals surface area contributed by atoms with Crippen LogP contribution in [0.5, 0.6) is 5.75 Å². The zero-order valence-electron chi connectivity index (χ0n) is 15.2. The van der Waals surface area contributed by atoms with Crippen molar-refractivity contribution in [3.63, 3.8) is 0 Å². The molecule has 0 saturated carbocycles. The fourth-order valence-electron chi connectivity index (χ4n) is 2.51. The predicted octanol–water partition coefficient (Wildman–Crippen LogP) is 5.25. The number of thiocarbonyl (C=S) groups is 1. The maximum atomic E-state index is 12.7. The van der Waals surface area contributed by atoms with E-state index in [-0.39, 0.29) is 11.0 Å². The number of benzene rings is 2. The molecule has 2 N–H and O–H groups in total. The van der Waals surface area contributed by atoms with Gasteiger partial charge < -0.3 is 10.1 Å². The lowest BCUT2D eigenvalue weighted by Gasteiger charge is -2.13. The number of nitrogens with zero attached hydrogens (tertiary/aromatic N) is 1. The lowest BCUT2D eigenvalue weighted by molar-refractivity contribution is 0.0973. The first-order valence-electron chi connectivity index (χ1n) is 8.71. The van der Waals surface area contributed by atoms with Crippen LogP contribution in [0.15, 0.2) is 71.3 Å². The van der Waals surface area contributed by atoms with E-state index in [1.165, 1.54) is 6.20 Å². The van der Waals surface area contributed by atoms with E-state index in [4.69, 9.17) is 28.6 Å². The molecule has 5 nitrogen and oxygen atoms in total. The molecule has 148 valence electrons. The Hall–Kier alpha value is -2.48. The van der Waals surface area contributed by atoms with Crippen LogP contribution in [0.25, 0.3) is 0 Å². The second kappa shape index (κ2) is 10.3. The lowest BCUT2D eigenvalue weighted by atomic mass is 10.1. The summed E-state index contributed by atoms with van der Waals surface area (Å²) in [5.74, 6) is 0.109. The number of nitrogens with one attached hydrogen (secondary N) is 2. The van der Waals surface area contributed by atoms with Crippen LogP contribution in [0.1, 0.15) is 15.9 Å². The van der Waals surface area contributed by atoms with Crippen molar-refractivity contribution in [1.29, 1.82) is 0 Å². The SMILES string of the molecule is O=C(NC(=S)Nc1ccc(Cl)nc1)c1cc(Br)ccc1OCCc1ccccc1. The number of pyridine rings is 1. The third-order valence-electron chi connectivity index (χ3n) is 3.89. The van der Waals surface area contributed by atoms with Gasteiger partial charge in [-0.25, -0.2) is 4.98 Å². The van der Waals surface area contributed by atoms with Gasteiger partial charge in [-0.15, -0.1) is 0 Å². The van der Waals surface area contributed by atoms with E-state index >= 15 is 0 Å². The van der Waals surface area contributed by atoms with Crippen LogP contribution in [-0.4, -0.2) is 22.6 Å². The Morgan fingerprint density at radius 2 is 1.93 bits per heavy atom. The van der Waals surface area contributed by atoms with E-state index in [1.54, 1.807) is 24.3 Å². The highest BCUT2D eigenvalue weighted by Gasteiger charge is 2.15. The number of halogens is 2. The Labute approximate surface area is 187 Å². The molecule has 0 spiro atoms. The molecule has 8 heteroatoms. The van der Waals surface area contributed by atoms with Gasteiger partial charge in [-0.05, 0) is 48.1 Å². The summed E-state index contributed by atoms with van der Waals surface area (Å²) in [5.41, 5.74) is 2.16. The Balaban J connectivity index is 1.63. The lowest BCUT2D eigenvalue weighted by Crippen LogP contribution is -2.34. The quantitative estimate of drug-likeness (QED) is 0.365. The summed E-state index contributed by atoms with van der Waals surface area (Å²) >= 11 is 14.4. The molecule has 2 aromatic carbocycles. The largest absolute Gasteiger partial charge is 0.492 e. The molecule has 0 aliphatic heterocycles. The molecule has 0 radical (unpaired) electrons. The Bertz CT molecular complexity index is 1000. The van der Waals surface area contributed by atoms with Crippen molar-refractivity contribution in [3.05, 3.63) is 87.6 Å². The van der Waals surface area contributed by atoms with Gasteiger partial charge in [0, 0.05) is 10.9 Å². The summed E-state index contributed by atoms with van der Waals surface area (Å²) in [6, 6.07) is 18.6. The molecule has 3 rings (SSSR count). The van der Waals surface area contributed by atoms with Crippen LogP contribution in [0, 0.1) is 0 Å². The first-order valence-corrected chi connectivity index (χ1v) is 10.3. The molecule has 0 unspecified atom stereocenters. The van der Waals surface area contributed by atoms with Gasteiger partial charge in [0.15, 0.2) is 5.11 Å². The molecule has 0 aliphatic carbocycles. The fourth-order valence-corrected chi connectivity index (χ4v) is 3.20. The van der Waals surface area contributed by atoms with Crippen molar-refractivity contribution in [2.24, 2.45) is 0 Å². The minimum Gasteiger partial charge on any atom is -0.492 e. The predicted molar refractivity (Wildman–Crippen MR) is 123 cm³/mol. The third kappa shape index (κ3) is 6.52. The summed E-state index contributed by atoms with van der Waals surface area (Å²) in [6.07, 6.45) is 2.26. The third-order valence-corrected chi connectivity index (χ3v) is 4.81. The molecule has 1 amide bonds. The number of aromatic nitrogens is 1. The number of amides is 1. The molecule has 0 fully saturated rings. The maximum Gasteiger partial charge on any atom is 0.261 e. The number of hydrogen-bond acceptors (Lipinski definition) is 4. The number of ether oxygens (including phenoxy) is 1. The summed E-state index contributed by atoms with van der Waals surface area (Å²) in [6.45, 7) is 0.449. The smallest absolute Gasteiger partial charge is 0.261 e. The van der Waals surface area contributed by atoms with E-state index in [1.807, 2.05) is 36.4 Å². The van der Waals surface area contributed by atoms with E-state index in [2.05, 4.69) is 31.5 Å². The van der Waals surface area contributed by atoms with Gasteiger partial charge in [0.25, 0.3) is 5.91 Å². The van der Waals surface area contributed by atoms with Crippen molar-refractivity contribution in [1.82, 2.24) is 10.3 Å². The molecule has 1 heterocycles. The maximum absolute atomic E-state index is 12.7. The van der Waals surface area contributed by atoms with Crippen LogP contribution in [-0.2, 0) is 6.42 Å². The average molecular weight is 491 g/mol. The second-order valence-electron chi connectivity index (χ2n) is 6.00. The highest BCUT2D eigenvalue weighted by atomic mass is 79.9. The van der Waals surface area contributed by atoms with Crippen molar-refractivity contribution in [3.8, 4) is 5.75 Å². The number of rotatable bonds is 6. The molecule has 0 atom stereocenters. The van der Waals surface area contributed by atoms with Crippen LogP contribution < -0.4 is 15.4 Å². The van der Waals surface area contributed by atoms with Crippen LogP contribution in [0.4, 0.5) is 5.69 Å². The van der Waals surface area contributed by atoms with E-state index in [0.717, 1.165) is 16.5 Å². The van der Waals surface area contributed by atoms with Crippen molar-refractivity contribution >= 4 is 56.5 Å². The van der Waals surface area contributed by atoms with E-state index in [0.29, 0.717) is 28.8 Å². The van der Waals surface area contributed by atoms with Gasteiger partial charge in [-0.1, -0.05) is 57.9 Å². The normalized spacial score (nSPS) is 10.3. The molecular weight excluding hydrogens is 474 g/mol. The second-order valence-corrected chi connectivity index (χ2v) is 7.71. The van der Waals surface area contributed by atoms with Crippen molar-refractivity contribution < 1.29 is 9.53 Å². The Morgan fingerprint density at radius 1 is 1.14 bits per heavy atom. The summed E-state index contributed by atoms with van der Waals surface area (Å²) in [4.78, 5) is 16.7. The van der Waals surface area contributed by atoms with E-state index in [9.17, 15) is 4.79 Å². The molecule has 0 bridgehead atoms. The molecule has 0 aliphatic rings. The highest BCUT2D eigenvalue weighted by molar-refractivity contribution is 9.10. The molecule has 3 aromatic rings. The van der Waals surface area contributed by atoms with Gasteiger partial charge in [0.2, 0.25) is 0 Å². The Kier molecular flexibility index (Phi) is 7.57. The van der Waals surface area contributed by atoms with Gasteiger partial charge in [0.05, 0.1) is 24.1 Å². The van der Waals surface area contributed by atoms with Gasteiger partial charge in [-0.2, -0.15) is 0 Å². The fraction of sp³-hybridized carbons (Fsp3) is 0.0952.